The molecule has 0 atom stereocenters. The quantitative estimate of drug-likeness (QED) is 0.757. The molecular weight excluding hydrogens is 298 g/mol. The van der Waals surface area contributed by atoms with E-state index in [1.807, 2.05) is 0 Å². The molecule has 3 aromatic rings. The smallest absolute Gasteiger partial charge is 0.230 e. The van der Waals surface area contributed by atoms with Gasteiger partial charge in [-0.25, -0.2) is 8.78 Å². The molecule has 3 nitrogen and oxygen atoms in total. The fourth-order valence-electron chi connectivity index (χ4n) is 2.09. The maximum absolute atomic E-state index is 14.1. The van der Waals surface area contributed by atoms with Crippen LogP contribution in [0.25, 0.3) is 22.4 Å². The molecule has 0 radical (unpaired) electrons. The van der Waals surface area contributed by atoms with Crippen molar-refractivity contribution in [2.24, 2.45) is 0 Å². The number of anilines is 1. The molecule has 0 aliphatic rings. The number of aromatic nitrogens is 1. The lowest BCUT2D eigenvalue weighted by Crippen LogP contribution is -1.92. The van der Waals surface area contributed by atoms with Crippen LogP contribution in [0.3, 0.4) is 0 Å². The number of hydrogen-bond donors (Lipinski definition) is 1. The van der Waals surface area contributed by atoms with Crippen LogP contribution in [-0.2, 0) is 0 Å². The lowest BCUT2D eigenvalue weighted by molar-refractivity contribution is 0.439. The molecule has 2 aromatic carbocycles. The summed E-state index contributed by atoms with van der Waals surface area (Å²) in [6.07, 6.45) is 0. The Bertz CT molecular complexity index is 780. The molecule has 1 heterocycles. The van der Waals surface area contributed by atoms with Gasteiger partial charge in [-0.2, -0.15) is 0 Å². The molecule has 0 aliphatic heterocycles. The molecule has 106 valence electrons. The van der Waals surface area contributed by atoms with Crippen molar-refractivity contribution in [3.63, 3.8) is 0 Å². The van der Waals surface area contributed by atoms with E-state index in [9.17, 15) is 8.78 Å². The van der Waals surface area contributed by atoms with Crippen LogP contribution in [0.15, 0.2) is 47.0 Å². The van der Waals surface area contributed by atoms with E-state index >= 15 is 0 Å². The molecule has 0 spiro atoms. The van der Waals surface area contributed by atoms with Crippen molar-refractivity contribution in [1.82, 2.24) is 5.16 Å². The Labute approximate surface area is 123 Å². The minimum absolute atomic E-state index is 0.0543. The topological polar surface area (TPSA) is 52.0 Å². The molecule has 0 saturated carbocycles. The fourth-order valence-corrected chi connectivity index (χ4v) is 2.34. The van der Waals surface area contributed by atoms with Gasteiger partial charge in [0.25, 0.3) is 0 Å². The number of nitrogen functional groups attached to an aromatic ring is 1. The highest BCUT2D eigenvalue weighted by Gasteiger charge is 2.22. The molecule has 0 amide bonds. The summed E-state index contributed by atoms with van der Waals surface area (Å²) in [5.74, 6) is -0.984. The van der Waals surface area contributed by atoms with Crippen molar-refractivity contribution in [2.45, 2.75) is 0 Å². The average molecular weight is 307 g/mol. The van der Waals surface area contributed by atoms with E-state index in [2.05, 4.69) is 5.16 Å². The highest BCUT2D eigenvalue weighted by molar-refractivity contribution is 6.33. The Hall–Kier alpha value is -2.40. The van der Waals surface area contributed by atoms with Gasteiger partial charge in [0, 0.05) is 11.1 Å². The molecule has 1 aromatic heterocycles. The number of halogens is 3. The van der Waals surface area contributed by atoms with Crippen molar-refractivity contribution in [3.05, 3.63) is 59.1 Å². The second kappa shape index (κ2) is 5.18. The lowest BCUT2D eigenvalue weighted by Gasteiger charge is -2.06. The molecule has 0 aliphatic carbocycles. The molecule has 21 heavy (non-hydrogen) atoms. The van der Waals surface area contributed by atoms with E-state index in [0.717, 1.165) is 0 Å². The van der Waals surface area contributed by atoms with E-state index in [0.29, 0.717) is 11.3 Å². The minimum atomic E-state index is -0.541. The SMILES string of the molecule is Nc1onc(-c2ccc(F)cc2)c1-c1c(F)cccc1Cl. The van der Waals surface area contributed by atoms with Gasteiger partial charge in [-0.3, -0.25) is 0 Å². The molecule has 2 N–H and O–H groups in total. The normalized spacial score (nSPS) is 10.8. The Morgan fingerprint density at radius 2 is 1.71 bits per heavy atom. The molecular formula is C15H9ClF2N2O. The third-order valence-corrected chi connectivity index (χ3v) is 3.36. The monoisotopic (exact) mass is 306 g/mol. The van der Waals surface area contributed by atoms with E-state index in [4.69, 9.17) is 21.9 Å². The zero-order valence-corrected chi connectivity index (χ0v) is 11.4. The van der Waals surface area contributed by atoms with Gasteiger partial charge in [-0.05, 0) is 36.4 Å². The first-order valence-electron chi connectivity index (χ1n) is 6.03. The summed E-state index contributed by atoms with van der Waals surface area (Å²) in [7, 11) is 0. The summed E-state index contributed by atoms with van der Waals surface area (Å²) in [6.45, 7) is 0. The van der Waals surface area contributed by atoms with Crippen LogP contribution in [0.4, 0.5) is 14.7 Å². The van der Waals surface area contributed by atoms with Crippen molar-refractivity contribution in [2.75, 3.05) is 5.73 Å². The number of rotatable bonds is 2. The van der Waals surface area contributed by atoms with Crippen molar-refractivity contribution >= 4 is 17.5 Å². The number of benzene rings is 2. The third-order valence-electron chi connectivity index (χ3n) is 3.05. The van der Waals surface area contributed by atoms with E-state index in [1.54, 1.807) is 6.07 Å². The highest BCUT2D eigenvalue weighted by atomic mass is 35.5. The summed E-state index contributed by atoms with van der Waals surface area (Å²) in [5.41, 5.74) is 6.97. The van der Waals surface area contributed by atoms with Gasteiger partial charge in [0.05, 0.1) is 10.6 Å². The predicted molar refractivity (Wildman–Crippen MR) is 76.7 cm³/mol. The van der Waals surface area contributed by atoms with Crippen molar-refractivity contribution < 1.29 is 13.3 Å². The maximum Gasteiger partial charge on any atom is 0.230 e. The standard InChI is InChI=1S/C15H9ClF2N2O/c16-10-2-1-3-11(18)12(10)13-14(20-21-15(13)19)8-4-6-9(17)7-5-8/h1-7H,19H2. The van der Waals surface area contributed by atoms with E-state index in [1.165, 1.54) is 36.4 Å². The second-order valence-electron chi connectivity index (χ2n) is 4.37. The van der Waals surface area contributed by atoms with Crippen LogP contribution in [-0.4, -0.2) is 5.16 Å². The maximum atomic E-state index is 14.1. The van der Waals surface area contributed by atoms with Crippen molar-refractivity contribution in [1.29, 1.82) is 0 Å². The Balaban J connectivity index is 2.25. The van der Waals surface area contributed by atoms with Gasteiger partial charge in [-0.15, -0.1) is 0 Å². The lowest BCUT2D eigenvalue weighted by atomic mass is 10.0. The van der Waals surface area contributed by atoms with Gasteiger partial charge in [0.15, 0.2) is 0 Å². The Morgan fingerprint density at radius 3 is 2.38 bits per heavy atom. The fraction of sp³-hybridized carbons (Fsp3) is 0. The van der Waals surface area contributed by atoms with E-state index < -0.39 is 5.82 Å². The van der Waals surface area contributed by atoms with Crippen LogP contribution in [0.2, 0.25) is 5.02 Å². The van der Waals surface area contributed by atoms with Gasteiger partial charge >= 0.3 is 0 Å². The molecule has 6 heteroatoms. The summed E-state index contributed by atoms with van der Waals surface area (Å²) >= 11 is 6.05. The highest BCUT2D eigenvalue weighted by Crippen LogP contribution is 2.40. The van der Waals surface area contributed by atoms with Gasteiger partial charge in [0.1, 0.15) is 17.3 Å². The van der Waals surface area contributed by atoms with Crippen LogP contribution in [0, 0.1) is 11.6 Å². The van der Waals surface area contributed by atoms with Crippen LogP contribution >= 0.6 is 11.6 Å². The Morgan fingerprint density at radius 1 is 1.00 bits per heavy atom. The number of nitrogens with zero attached hydrogens (tertiary/aromatic N) is 1. The molecule has 0 unspecified atom stereocenters. The van der Waals surface area contributed by atoms with Gasteiger partial charge in [-0.1, -0.05) is 22.8 Å². The number of hydrogen-bond acceptors (Lipinski definition) is 3. The summed E-state index contributed by atoms with van der Waals surface area (Å²) in [5, 5.41) is 4.01. The first kappa shape index (κ1) is 13.6. The summed E-state index contributed by atoms with van der Waals surface area (Å²) in [4.78, 5) is 0. The molecule has 0 bridgehead atoms. The van der Waals surface area contributed by atoms with Crippen LogP contribution in [0.1, 0.15) is 0 Å². The molecule has 3 rings (SSSR count). The van der Waals surface area contributed by atoms with Gasteiger partial charge < -0.3 is 10.3 Å². The largest absolute Gasteiger partial charge is 0.367 e. The van der Waals surface area contributed by atoms with Crippen molar-refractivity contribution in [3.8, 4) is 22.4 Å². The first-order chi connectivity index (χ1) is 10.1. The van der Waals surface area contributed by atoms with Crippen LogP contribution in [0.5, 0.6) is 0 Å². The van der Waals surface area contributed by atoms with E-state index in [-0.39, 0.29) is 27.9 Å². The molecule has 0 fully saturated rings. The first-order valence-corrected chi connectivity index (χ1v) is 6.41. The predicted octanol–water partition coefficient (Wildman–Crippen LogP) is 4.52. The number of nitrogens with two attached hydrogens (primary N) is 1. The Kier molecular flexibility index (Phi) is 3.35. The van der Waals surface area contributed by atoms with Gasteiger partial charge in [0.2, 0.25) is 5.88 Å². The minimum Gasteiger partial charge on any atom is -0.367 e. The average Bonchev–Trinajstić information content (AvgIpc) is 2.82. The zero-order valence-electron chi connectivity index (χ0n) is 10.6. The van der Waals surface area contributed by atoms with Crippen LogP contribution < -0.4 is 5.73 Å². The summed E-state index contributed by atoms with van der Waals surface area (Å²) < 4.78 is 32.0. The second-order valence-corrected chi connectivity index (χ2v) is 4.78. The molecule has 0 saturated heterocycles. The zero-order chi connectivity index (χ0) is 15.0. The third kappa shape index (κ3) is 2.36. The summed E-state index contributed by atoms with van der Waals surface area (Å²) in [6, 6.07) is 9.85.